The number of aromatic nitrogens is 4. The summed E-state index contributed by atoms with van der Waals surface area (Å²) in [6.07, 6.45) is 6.65. The summed E-state index contributed by atoms with van der Waals surface area (Å²) in [6, 6.07) is 6.21. The summed E-state index contributed by atoms with van der Waals surface area (Å²) in [6.45, 7) is 1.82. The van der Waals surface area contributed by atoms with Gasteiger partial charge in [0, 0.05) is 18.0 Å². The fourth-order valence-electron chi connectivity index (χ4n) is 1.97. The third-order valence-corrected chi connectivity index (χ3v) is 2.90. The van der Waals surface area contributed by atoms with Gasteiger partial charge < -0.3 is 5.73 Å². The Morgan fingerprint density at radius 1 is 1.38 bits per heavy atom. The molecule has 1 aromatic carbocycles. The van der Waals surface area contributed by atoms with Gasteiger partial charge in [-0.3, -0.25) is 0 Å². The predicted molar refractivity (Wildman–Crippen MR) is 77.9 cm³/mol. The molecular weight excluding hydrogens is 271 g/mol. The van der Waals surface area contributed by atoms with Crippen LogP contribution in [0.2, 0.25) is 0 Å². The highest BCUT2D eigenvalue weighted by Crippen LogP contribution is 2.14. The van der Waals surface area contributed by atoms with Crippen LogP contribution in [0.5, 0.6) is 0 Å². The molecule has 0 radical (unpaired) electrons. The Balaban J connectivity index is 2.02. The maximum absolute atomic E-state index is 13.5. The van der Waals surface area contributed by atoms with Gasteiger partial charge in [0.05, 0.1) is 23.8 Å². The molecule has 0 saturated heterocycles. The topological polar surface area (TPSA) is 74.0 Å². The summed E-state index contributed by atoms with van der Waals surface area (Å²) in [5.74, 6) is -0.0667. The molecule has 106 valence electrons. The van der Waals surface area contributed by atoms with E-state index in [1.54, 1.807) is 35.4 Å². The third-order valence-electron chi connectivity index (χ3n) is 2.90. The van der Waals surface area contributed by atoms with E-state index in [1.165, 1.54) is 23.0 Å². The average molecular weight is 284 g/mol. The molecule has 2 aromatic heterocycles. The second kappa shape index (κ2) is 5.20. The standard InChI is InChI=1S/C14H13FN6/c1-10-9-21(14(16)19-10)18-8-11-7-12(15)3-4-13(11)20-6-2-5-17-20/h2-9H,1H3,(H2,16,19). The Bertz CT molecular complexity index is 788. The van der Waals surface area contributed by atoms with Gasteiger partial charge in [-0.05, 0) is 31.2 Å². The highest BCUT2D eigenvalue weighted by Gasteiger charge is 2.05. The van der Waals surface area contributed by atoms with E-state index in [9.17, 15) is 4.39 Å². The molecule has 7 heteroatoms. The minimum Gasteiger partial charge on any atom is -0.368 e. The molecule has 0 saturated carbocycles. The van der Waals surface area contributed by atoms with E-state index < -0.39 is 0 Å². The van der Waals surface area contributed by atoms with Crippen molar-refractivity contribution >= 4 is 12.2 Å². The number of benzene rings is 1. The minimum absolute atomic E-state index is 0.279. The Hall–Kier alpha value is -2.96. The van der Waals surface area contributed by atoms with Crippen molar-refractivity contribution in [3.63, 3.8) is 0 Å². The molecular formula is C14H13FN6. The normalized spacial score (nSPS) is 11.3. The second-order valence-corrected chi connectivity index (χ2v) is 4.48. The zero-order valence-corrected chi connectivity index (χ0v) is 11.3. The molecule has 2 N–H and O–H groups in total. The molecule has 0 unspecified atom stereocenters. The Labute approximate surface area is 120 Å². The van der Waals surface area contributed by atoms with Crippen LogP contribution in [0, 0.1) is 12.7 Å². The maximum atomic E-state index is 13.5. The SMILES string of the molecule is Cc1cn(N=Cc2cc(F)ccc2-n2cccn2)c(N)n1. The van der Waals surface area contributed by atoms with Gasteiger partial charge in [0.1, 0.15) is 5.82 Å². The van der Waals surface area contributed by atoms with Crippen molar-refractivity contribution < 1.29 is 4.39 Å². The predicted octanol–water partition coefficient (Wildman–Crippen LogP) is 1.98. The van der Waals surface area contributed by atoms with Gasteiger partial charge in [0.15, 0.2) is 0 Å². The molecule has 0 bridgehead atoms. The van der Waals surface area contributed by atoms with Gasteiger partial charge in [0.25, 0.3) is 0 Å². The van der Waals surface area contributed by atoms with Crippen LogP contribution in [0.15, 0.2) is 48.0 Å². The molecule has 0 aliphatic rings. The van der Waals surface area contributed by atoms with Gasteiger partial charge in [-0.1, -0.05) is 0 Å². The monoisotopic (exact) mass is 284 g/mol. The number of nitrogens with zero attached hydrogens (tertiary/aromatic N) is 5. The number of imidazole rings is 1. The summed E-state index contributed by atoms with van der Waals surface area (Å²) in [5.41, 5.74) is 7.79. The molecule has 0 aliphatic carbocycles. The van der Waals surface area contributed by atoms with Crippen molar-refractivity contribution in [3.8, 4) is 5.69 Å². The first-order valence-electron chi connectivity index (χ1n) is 6.29. The van der Waals surface area contributed by atoms with Gasteiger partial charge in [-0.25, -0.2) is 18.7 Å². The second-order valence-electron chi connectivity index (χ2n) is 4.48. The number of nitrogen functional groups attached to an aromatic ring is 1. The number of anilines is 1. The van der Waals surface area contributed by atoms with E-state index in [1.807, 2.05) is 6.92 Å². The first kappa shape index (κ1) is 13.0. The smallest absolute Gasteiger partial charge is 0.221 e. The van der Waals surface area contributed by atoms with Crippen molar-refractivity contribution in [2.75, 3.05) is 5.73 Å². The molecule has 3 rings (SSSR count). The highest BCUT2D eigenvalue weighted by atomic mass is 19.1. The van der Waals surface area contributed by atoms with Crippen molar-refractivity contribution in [1.29, 1.82) is 0 Å². The third kappa shape index (κ3) is 2.66. The van der Waals surface area contributed by atoms with Crippen LogP contribution in [0.4, 0.5) is 10.3 Å². The number of hydrogen-bond acceptors (Lipinski definition) is 4. The first-order chi connectivity index (χ1) is 10.1. The number of nitrogens with two attached hydrogens (primary N) is 1. The highest BCUT2D eigenvalue weighted by molar-refractivity contribution is 5.84. The van der Waals surface area contributed by atoms with Crippen LogP contribution in [-0.2, 0) is 0 Å². The molecule has 21 heavy (non-hydrogen) atoms. The zero-order valence-electron chi connectivity index (χ0n) is 11.3. The van der Waals surface area contributed by atoms with Gasteiger partial charge in [-0.15, -0.1) is 0 Å². The van der Waals surface area contributed by atoms with Crippen LogP contribution >= 0.6 is 0 Å². The molecule has 6 nitrogen and oxygen atoms in total. The lowest BCUT2D eigenvalue weighted by atomic mass is 10.2. The van der Waals surface area contributed by atoms with Crippen LogP contribution in [0.25, 0.3) is 5.69 Å². The molecule has 0 fully saturated rings. The first-order valence-corrected chi connectivity index (χ1v) is 6.29. The van der Waals surface area contributed by atoms with E-state index >= 15 is 0 Å². The summed E-state index contributed by atoms with van der Waals surface area (Å²) < 4.78 is 16.5. The summed E-state index contributed by atoms with van der Waals surface area (Å²) in [4.78, 5) is 4.05. The lowest BCUT2D eigenvalue weighted by Gasteiger charge is -2.06. The van der Waals surface area contributed by atoms with Crippen LogP contribution in [-0.4, -0.2) is 25.7 Å². The van der Waals surface area contributed by atoms with Crippen molar-refractivity contribution in [2.24, 2.45) is 5.10 Å². The Morgan fingerprint density at radius 2 is 2.24 bits per heavy atom. The van der Waals surface area contributed by atoms with Crippen LogP contribution in [0.3, 0.4) is 0 Å². The molecule has 3 aromatic rings. The Kier molecular flexibility index (Phi) is 3.23. The van der Waals surface area contributed by atoms with Crippen LogP contribution in [0.1, 0.15) is 11.3 Å². The van der Waals surface area contributed by atoms with Gasteiger partial charge >= 0.3 is 0 Å². The number of hydrogen-bond donors (Lipinski definition) is 1. The Morgan fingerprint density at radius 3 is 2.90 bits per heavy atom. The fourth-order valence-corrected chi connectivity index (χ4v) is 1.97. The van der Waals surface area contributed by atoms with Crippen molar-refractivity contribution in [1.82, 2.24) is 19.4 Å². The quantitative estimate of drug-likeness (QED) is 0.747. The lowest BCUT2D eigenvalue weighted by Crippen LogP contribution is -2.02. The van der Waals surface area contributed by atoms with E-state index in [2.05, 4.69) is 15.2 Å². The van der Waals surface area contributed by atoms with Crippen molar-refractivity contribution in [3.05, 3.63) is 59.9 Å². The van der Waals surface area contributed by atoms with Gasteiger partial charge in [-0.2, -0.15) is 10.2 Å². The van der Waals surface area contributed by atoms with E-state index in [0.29, 0.717) is 5.56 Å². The van der Waals surface area contributed by atoms with Gasteiger partial charge in [0.2, 0.25) is 5.95 Å². The molecule has 0 spiro atoms. The summed E-state index contributed by atoms with van der Waals surface area (Å²) in [5, 5.41) is 8.35. The van der Waals surface area contributed by atoms with E-state index in [-0.39, 0.29) is 11.8 Å². The average Bonchev–Trinajstić information content (AvgIpc) is 3.06. The minimum atomic E-state index is -0.345. The van der Waals surface area contributed by atoms with Crippen molar-refractivity contribution in [2.45, 2.75) is 6.92 Å². The van der Waals surface area contributed by atoms with E-state index in [4.69, 9.17) is 5.73 Å². The lowest BCUT2D eigenvalue weighted by molar-refractivity contribution is 0.626. The number of halogens is 1. The number of aryl methyl sites for hydroxylation is 1. The molecule has 2 heterocycles. The molecule has 0 atom stereocenters. The zero-order chi connectivity index (χ0) is 14.8. The molecule has 0 amide bonds. The summed E-state index contributed by atoms with van der Waals surface area (Å²) >= 11 is 0. The number of rotatable bonds is 3. The summed E-state index contributed by atoms with van der Waals surface area (Å²) in [7, 11) is 0. The maximum Gasteiger partial charge on any atom is 0.221 e. The fraction of sp³-hybridized carbons (Fsp3) is 0.0714. The largest absolute Gasteiger partial charge is 0.368 e. The molecule has 0 aliphatic heterocycles. The van der Waals surface area contributed by atoms with Crippen LogP contribution < -0.4 is 5.73 Å². The van der Waals surface area contributed by atoms with E-state index in [0.717, 1.165) is 11.4 Å².